The van der Waals surface area contributed by atoms with Crippen molar-refractivity contribution in [2.75, 3.05) is 11.8 Å². The van der Waals surface area contributed by atoms with Crippen molar-refractivity contribution in [1.82, 2.24) is 0 Å². The molecular weight excluding hydrogens is 258 g/mol. The lowest BCUT2D eigenvalue weighted by molar-refractivity contribution is 0.0389. The molecule has 0 unspecified atom stereocenters. The third-order valence-electron chi connectivity index (χ3n) is 1.70. The lowest BCUT2D eigenvalue weighted by Gasteiger charge is -2.11. The highest BCUT2D eigenvalue weighted by Crippen LogP contribution is 2.11. The highest BCUT2D eigenvalue weighted by atomic mass is 35.5. The molecule has 1 rings (SSSR count). The van der Waals surface area contributed by atoms with Crippen LogP contribution in [0.2, 0.25) is 5.02 Å². The third kappa shape index (κ3) is 3.90. The molecule has 15 heavy (non-hydrogen) atoms. The zero-order valence-electron chi connectivity index (χ0n) is 7.75. The van der Waals surface area contributed by atoms with Crippen molar-refractivity contribution in [3.8, 4) is 0 Å². The van der Waals surface area contributed by atoms with Crippen molar-refractivity contribution in [3.05, 3.63) is 34.9 Å². The largest absolute Gasteiger partial charge is 0.456 e. The molecule has 0 saturated heterocycles. The number of esters is 1. The van der Waals surface area contributed by atoms with Gasteiger partial charge in [0.15, 0.2) is 0 Å². The van der Waals surface area contributed by atoms with Gasteiger partial charge in [-0.2, -0.15) is 0 Å². The molecule has 2 nitrogen and oxygen atoms in total. The van der Waals surface area contributed by atoms with Gasteiger partial charge in [-0.15, -0.1) is 23.2 Å². The smallest absolute Gasteiger partial charge is 0.338 e. The van der Waals surface area contributed by atoms with E-state index in [0.29, 0.717) is 10.6 Å². The molecular formula is C10H9Cl3O2. The molecule has 1 aromatic carbocycles. The quantitative estimate of drug-likeness (QED) is 0.618. The van der Waals surface area contributed by atoms with Gasteiger partial charge in [0.1, 0.15) is 6.10 Å². The average molecular weight is 268 g/mol. The van der Waals surface area contributed by atoms with Gasteiger partial charge in [-0.1, -0.05) is 11.6 Å². The lowest BCUT2D eigenvalue weighted by Crippen LogP contribution is -2.21. The van der Waals surface area contributed by atoms with Crippen LogP contribution in [-0.2, 0) is 4.74 Å². The van der Waals surface area contributed by atoms with Crippen LogP contribution in [0.3, 0.4) is 0 Å². The van der Waals surface area contributed by atoms with Crippen molar-refractivity contribution in [1.29, 1.82) is 0 Å². The van der Waals surface area contributed by atoms with Crippen LogP contribution < -0.4 is 0 Å². The molecule has 0 aliphatic carbocycles. The summed E-state index contributed by atoms with van der Waals surface area (Å²) < 4.78 is 5.03. The minimum atomic E-state index is -0.462. The molecule has 0 amide bonds. The molecule has 0 saturated carbocycles. The van der Waals surface area contributed by atoms with Gasteiger partial charge in [-0.05, 0) is 24.3 Å². The first-order chi connectivity index (χ1) is 7.17. The fourth-order valence-corrected chi connectivity index (χ4v) is 1.49. The maximum absolute atomic E-state index is 11.5. The van der Waals surface area contributed by atoms with E-state index in [9.17, 15) is 4.79 Å². The van der Waals surface area contributed by atoms with Crippen LogP contribution >= 0.6 is 34.8 Å². The van der Waals surface area contributed by atoms with Gasteiger partial charge in [0.25, 0.3) is 0 Å². The van der Waals surface area contributed by atoms with Crippen LogP contribution in [0, 0.1) is 0 Å². The van der Waals surface area contributed by atoms with E-state index >= 15 is 0 Å². The molecule has 0 spiro atoms. The standard InChI is InChI=1S/C10H9Cl3O2/c11-5-9(6-12)15-10(14)7-1-3-8(13)4-2-7/h1-4,9H,5-6H2. The molecule has 0 aromatic heterocycles. The summed E-state index contributed by atoms with van der Waals surface area (Å²) in [5, 5.41) is 0.567. The second kappa shape index (κ2) is 6.21. The molecule has 5 heteroatoms. The monoisotopic (exact) mass is 266 g/mol. The predicted molar refractivity (Wildman–Crippen MR) is 62.1 cm³/mol. The van der Waals surface area contributed by atoms with Gasteiger partial charge >= 0.3 is 5.97 Å². The Hall–Kier alpha value is -0.440. The minimum absolute atomic E-state index is 0.183. The van der Waals surface area contributed by atoms with Crippen molar-refractivity contribution in [3.63, 3.8) is 0 Å². The van der Waals surface area contributed by atoms with E-state index in [0.717, 1.165) is 0 Å². The van der Waals surface area contributed by atoms with Gasteiger partial charge in [-0.3, -0.25) is 0 Å². The van der Waals surface area contributed by atoms with Crippen molar-refractivity contribution >= 4 is 40.8 Å². The van der Waals surface area contributed by atoms with E-state index < -0.39 is 12.1 Å². The molecule has 0 aliphatic rings. The fourth-order valence-electron chi connectivity index (χ4n) is 0.910. The van der Waals surface area contributed by atoms with Crippen LogP contribution in [0.4, 0.5) is 0 Å². The first kappa shape index (κ1) is 12.6. The van der Waals surface area contributed by atoms with Crippen LogP contribution in [0.1, 0.15) is 10.4 Å². The van der Waals surface area contributed by atoms with E-state index in [4.69, 9.17) is 39.5 Å². The summed E-state index contributed by atoms with van der Waals surface area (Å²) in [5.41, 5.74) is 0.430. The Morgan fingerprint density at radius 1 is 1.20 bits per heavy atom. The number of alkyl halides is 2. The number of carbonyl (C=O) groups is 1. The maximum Gasteiger partial charge on any atom is 0.338 e. The predicted octanol–water partition coefficient (Wildman–Crippen LogP) is 3.34. The highest BCUT2D eigenvalue weighted by molar-refractivity contribution is 6.30. The van der Waals surface area contributed by atoms with E-state index in [1.165, 1.54) is 0 Å². The Bertz CT molecular complexity index is 320. The second-order valence-electron chi connectivity index (χ2n) is 2.84. The van der Waals surface area contributed by atoms with Crippen molar-refractivity contribution in [2.45, 2.75) is 6.10 Å². The second-order valence-corrected chi connectivity index (χ2v) is 3.90. The summed E-state index contributed by atoms with van der Waals surface area (Å²) in [5.74, 6) is -0.0796. The van der Waals surface area contributed by atoms with Gasteiger partial charge in [0.05, 0.1) is 17.3 Å². The Morgan fingerprint density at radius 2 is 1.73 bits per heavy atom. The minimum Gasteiger partial charge on any atom is -0.456 e. The highest BCUT2D eigenvalue weighted by Gasteiger charge is 2.13. The fraction of sp³-hybridized carbons (Fsp3) is 0.300. The van der Waals surface area contributed by atoms with E-state index in [-0.39, 0.29) is 11.8 Å². The zero-order valence-corrected chi connectivity index (χ0v) is 10.0. The van der Waals surface area contributed by atoms with Gasteiger partial charge in [0.2, 0.25) is 0 Å². The van der Waals surface area contributed by atoms with Crippen molar-refractivity contribution in [2.24, 2.45) is 0 Å². The summed E-state index contributed by atoms with van der Waals surface area (Å²) >= 11 is 16.8. The number of carbonyl (C=O) groups excluding carboxylic acids is 1. The van der Waals surface area contributed by atoms with Crippen LogP contribution in [0.5, 0.6) is 0 Å². The normalized spacial score (nSPS) is 10.4. The summed E-state index contributed by atoms with van der Waals surface area (Å²) in [6.07, 6.45) is -0.462. The number of ether oxygens (including phenoxy) is 1. The third-order valence-corrected chi connectivity index (χ3v) is 2.64. The van der Waals surface area contributed by atoms with Crippen LogP contribution in [0.25, 0.3) is 0 Å². The summed E-state index contributed by atoms with van der Waals surface area (Å²) in [6, 6.07) is 6.41. The Kier molecular flexibility index (Phi) is 5.23. The average Bonchev–Trinajstić information content (AvgIpc) is 2.26. The molecule has 82 valence electrons. The van der Waals surface area contributed by atoms with E-state index in [1.807, 2.05) is 0 Å². The van der Waals surface area contributed by atoms with Crippen LogP contribution in [0.15, 0.2) is 24.3 Å². The molecule has 0 bridgehead atoms. The summed E-state index contributed by atoms with van der Waals surface area (Å²) in [7, 11) is 0. The molecule has 0 aliphatic heterocycles. The number of rotatable bonds is 4. The first-order valence-electron chi connectivity index (χ1n) is 4.26. The van der Waals surface area contributed by atoms with Gasteiger partial charge in [-0.25, -0.2) is 4.79 Å². The Morgan fingerprint density at radius 3 is 2.20 bits per heavy atom. The molecule has 1 aromatic rings. The van der Waals surface area contributed by atoms with Crippen LogP contribution in [-0.4, -0.2) is 23.8 Å². The number of halogens is 3. The van der Waals surface area contributed by atoms with Gasteiger partial charge < -0.3 is 4.74 Å². The van der Waals surface area contributed by atoms with Gasteiger partial charge in [0, 0.05) is 5.02 Å². The van der Waals surface area contributed by atoms with Crippen molar-refractivity contribution < 1.29 is 9.53 Å². The number of benzene rings is 1. The molecule has 0 N–H and O–H groups in total. The Balaban J connectivity index is 2.64. The lowest BCUT2D eigenvalue weighted by atomic mass is 10.2. The van der Waals surface area contributed by atoms with E-state index in [2.05, 4.69) is 0 Å². The SMILES string of the molecule is O=C(OC(CCl)CCl)c1ccc(Cl)cc1. The topological polar surface area (TPSA) is 26.3 Å². The molecule has 0 atom stereocenters. The number of hydrogen-bond donors (Lipinski definition) is 0. The molecule has 0 heterocycles. The van der Waals surface area contributed by atoms with E-state index in [1.54, 1.807) is 24.3 Å². The maximum atomic E-state index is 11.5. The first-order valence-corrected chi connectivity index (χ1v) is 5.70. The Labute approximate surface area is 103 Å². The zero-order chi connectivity index (χ0) is 11.3. The molecule has 0 radical (unpaired) electrons. The number of hydrogen-bond acceptors (Lipinski definition) is 2. The summed E-state index contributed by atoms with van der Waals surface area (Å²) in [4.78, 5) is 11.5. The summed E-state index contributed by atoms with van der Waals surface area (Å²) in [6.45, 7) is 0. The molecule has 0 fully saturated rings.